The molecule has 0 bridgehead atoms. The maximum Gasteiger partial charge on any atom is 0.472 e. The van der Waals surface area contributed by atoms with E-state index < -0.39 is 97.5 Å². The maximum atomic E-state index is 13.1. The molecule has 0 rings (SSSR count). The molecule has 2 unspecified atom stereocenters. The average Bonchev–Trinajstić information content (AvgIpc) is 0.973. The summed E-state index contributed by atoms with van der Waals surface area (Å²) in [6, 6.07) is 0. The molecule has 5 atom stereocenters. The highest BCUT2D eigenvalue weighted by Gasteiger charge is 2.30. The van der Waals surface area contributed by atoms with Crippen molar-refractivity contribution in [1.29, 1.82) is 0 Å². The Hall–Kier alpha value is -1.94. The van der Waals surface area contributed by atoms with Crippen molar-refractivity contribution in [2.75, 3.05) is 39.6 Å². The van der Waals surface area contributed by atoms with Gasteiger partial charge in [0.05, 0.1) is 26.4 Å². The minimum absolute atomic E-state index is 0.104. The lowest BCUT2D eigenvalue weighted by Crippen LogP contribution is -2.30. The molecule has 3 N–H and O–H groups in total. The molecule has 0 aliphatic carbocycles. The van der Waals surface area contributed by atoms with Gasteiger partial charge in [-0.3, -0.25) is 37.3 Å². The summed E-state index contributed by atoms with van der Waals surface area (Å²) >= 11 is 0. The second-order valence-electron chi connectivity index (χ2n) is 30.5. The van der Waals surface area contributed by atoms with Crippen LogP contribution in [0, 0.1) is 11.8 Å². The second-order valence-corrected chi connectivity index (χ2v) is 33.4. The molecular weight excluding hydrogens is 1320 g/mol. The highest BCUT2D eigenvalue weighted by Crippen LogP contribution is 2.45. The lowest BCUT2D eigenvalue weighted by molar-refractivity contribution is -0.161. The number of esters is 4. The van der Waals surface area contributed by atoms with Crippen LogP contribution in [0.1, 0.15) is 433 Å². The van der Waals surface area contributed by atoms with Gasteiger partial charge in [0.15, 0.2) is 12.2 Å². The number of unbranched alkanes of at least 4 members (excludes halogenated alkanes) is 51. The molecule has 0 aliphatic rings. The van der Waals surface area contributed by atoms with Crippen molar-refractivity contribution in [2.24, 2.45) is 11.8 Å². The van der Waals surface area contributed by atoms with Crippen LogP contribution in [-0.4, -0.2) is 96.7 Å². The summed E-state index contributed by atoms with van der Waals surface area (Å²) in [5.41, 5.74) is 0. The van der Waals surface area contributed by atoms with Gasteiger partial charge in [0.2, 0.25) is 0 Å². The summed E-state index contributed by atoms with van der Waals surface area (Å²) in [5.74, 6) is -0.667. The summed E-state index contributed by atoms with van der Waals surface area (Å²) in [6.45, 7) is 9.56. The highest BCUT2D eigenvalue weighted by atomic mass is 31.2. The van der Waals surface area contributed by atoms with Gasteiger partial charge < -0.3 is 33.8 Å². The van der Waals surface area contributed by atoms with Crippen LogP contribution in [0.4, 0.5) is 0 Å². The van der Waals surface area contributed by atoms with Crippen LogP contribution < -0.4 is 0 Å². The Labute approximate surface area is 619 Å². The second kappa shape index (κ2) is 73.6. The van der Waals surface area contributed by atoms with E-state index in [4.69, 9.17) is 37.0 Å². The van der Waals surface area contributed by atoms with Crippen molar-refractivity contribution in [3.05, 3.63) is 0 Å². The summed E-state index contributed by atoms with van der Waals surface area (Å²) in [6.07, 6.45) is 64.1. The molecule has 0 aromatic carbocycles. The van der Waals surface area contributed by atoms with Gasteiger partial charge in [-0.05, 0) is 37.5 Å². The number of aliphatic hydroxyl groups excluding tert-OH is 1. The summed E-state index contributed by atoms with van der Waals surface area (Å²) in [4.78, 5) is 73.0. The van der Waals surface area contributed by atoms with Gasteiger partial charge in [-0.2, -0.15) is 0 Å². The van der Waals surface area contributed by atoms with Crippen molar-refractivity contribution in [1.82, 2.24) is 0 Å². The molecule has 0 aromatic rings. The number of ether oxygens (including phenoxy) is 4. The molecule has 0 spiro atoms. The smallest absolute Gasteiger partial charge is 0.462 e. The van der Waals surface area contributed by atoms with E-state index in [1.54, 1.807) is 0 Å². The van der Waals surface area contributed by atoms with Crippen molar-refractivity contribution >= 4 is 39.5 Å². The van der Waals surface area contributed by atoms with E-state index in [9.17, 15) is 43.2 Å². The topological polar surface area (TPSA) is 237 Å². The van der Waals surface area contributed by atoms with Gasteiger partial charge in [0.25, 0.3) is 0 Å². The lowest BCUT2D eigenvalue weighted by atomic mass is 10.0. The van der Waals surface area contributed by atoms with E-state index in [1.165, 1.54) is 250 Å². The maximum absolute atomic E-state index is 13.1. The van der Waals surface area contributed by atoms with Crippen LogP contribution in [0.2, 0.25) is 0 Å². The normalized spacial score (nSPS) is 13.9. The molecule has 19 heteroatoms. The van der Waals surface area contributed by atoms with Crippen molar-refractivity contribution in [3.8, 4) is 0 Å². The third-order valence-electron chi connectivity index (χ3n) is 19.2. The molecule has 0 fully saturated rings. The average molecular weight is 1480 g/mol. The number of hydrogen-bond acceptors (Lipinski definition) is 15. The number of phosphoric ester groups is 2. The van der Waals surface area contributed by atoms with Crippen molar-refractivity contribution in [3.63, 3.8) is 0 Å². The van der Waals surface area contributed by atoms with Gasteiger partial charge in [0, 0.05) is 25.7 Å². The first-order chi connectivity index (χ1) is 48.9. The van der Waals surface area contributed by atoms with Gasteiger partial charge in [-0.25, -0.2) is 9.13 Å². The van der Waals surface area contributed by atoms with Crippen LogP contribution in [0.15, 0.2) is 0 Å². The number of rotatable bonds is 81. The Balaban J connectivity index is 5.21. The van der Waals surface area contributed by atoms with E-state index in [0.29, 0.717) is 25.7 Å². The van der Waals surface area contributed by atoms with E-state index in [2.05, 4.69) is 41.5 Å². The number of hydrogen-bond donors (Lipinski definition) is 3. The van der Waals surface area contributed by atoms with Crippen LogP contribution in [0.3, 0.4) is 0 Å². The van der Waals surface area contributed by atoms with E-state index in [1.807, 2.05) is 0 Å². The zero-order chi connectivity index (χ0) is 74.2. The fourth-order valence-corrected chi connectivity index (χ4v) is 14.3. The molecule has 101 heavy (non-hydrogen) atoms. The quantitative estimate of drug-likeness (QED) is 0.0222. The van der Waals surface area contributed by atoms with Crippen molar-refractivity contribution < 1.29 is 80.2 Å². The number of aliphatic hydroxyl groups is 1. The molecule has 0 amide bonds. The molecule has 0 aliphatic heterocycles. The van der Waals surface area contributed by atoms with Gasteiger partial charge in [-0.1, -0.05) is 382 Å². The Morgan fingerprint density at radius 1 is 0.267 bits per heavy atom. The van der Waals surface area contributed by atoms with Crippen LogP contribution >= 0.6 is 15.6 Å². The summed E-state index contributed by atoms with van der Waals surface area (Å²) < 4.78 is 68.7. The first kappa shape index (κ1) is 99.1. The molecule has 600 valence electrons. The van der Waals surface area contributed by atoms with Crippen LogP contribution in [0.5, 0.6) is 0 Å². The predicted molar refractivity (Wildman–Crippen MR) is 414 cm³/mol. The predicted octanol–water partition coefficient (Wildman–Crippen LogP) is 24.7. The van der Waals surface area contributed by atoms with E-state index >= 15 is 0 Å². The SMILES string of the molecule is CCCCCCCCCCCCCCCCCCCCCCCC(=O)O[C@H](COC(=O)CCCCCCCCCCCCCCCCCCCC)COP(=O)(O)OC[C@@H](O)COP(=O)(O)OC[C@@H](COC(=O)CCCCCCCCCCC(C)C)OC(=O)CCCCCCCCCCC(C)C. The number of carbonyl (C=O) groups excluding carboxylic acids is 4. The first-order valence-electron chi connectivity index (χ1n) is 42.5. The van der Waals surface area contributed by atoms with Crippen LogP contribution in [-0.2, 0) is 65.4 Å². The molecular formula is C82H160O17P2. The fraction of sp³-hybridized carbons (Fsp3) is 0.951. The summed E-state index contributed by atoms with van der Waals surface area (Å²) in [5, 5.41) is 10.6. The number of carbonyl (C=O) groups is 4. The minimum Gasteiger partial charge on any atom is -0.462 e. The lowest BCUT2D eigenvalue weighted by Gasteiger charge is -2.21. The van der Waals surface area contributed by atoms with Gasteiger partial charge in [0.1, 0.15) is 19.3 Å². The Bertz CT molecular complexity index is 1940. The Kier molecular flexibility index (Phi) is 72.2. The molecule has 0 aromatic heterocycles. The Morgan fingerprint density at radius 3 is 0.673 bits per heavy atom. The van der Waals surface area contributed by atoms with Crippen molar-refractivity contribution in [2.45, 2.75) is 452 Å². The minimum atomic E-state index is -4.96. The third-order valence-corrected chi connectivity index (χ3v) is 21.1. The molecule has 0 heterocycles. The molecule has 0 radical (unpaired) electrons. The first-order valence-corrected chi connectivity index (χ1v) is 45.5. The Morgan fingerprint density at radius 2 is 0.455 bits per heavy atom. The summed E-state index contributed by atoms with van der Waals surface area (Å²) in [7, 11) is -9.92. The van der Waals surface area contributed by atoms with E-state index in [0.717, 1.165) is 102 Å². The van der Waals surface area contributed by atoms with Gasteiger partial charge >= 0.3 is 39.5 Å². The zero-order valence-electron chi connectivity index (χ0n) is 66.2. The molecule has 17 nitrogen and oxygen atoms in total. The van der Waals surface area contributed by atoms with Gasteiger partial charge in [-0.15, -0.1) is 0 Å². The monoisotopic (exact) mass is 1480 g/mol. The third kappa shape index (κ3) is 76.1. The largest absolute Gasteiger partial charge is 0.472 e. The van der Waals surface area contributed by atoms with Crippen LogP contribution in [0.25, 0.3) is 0 Å². The molecule has 0 saturated heterocycles. The molecule has 0 saturated carbocycles. The highest BCUT2D eigenvalue weighted by molar-refractivity contribution is 7.47. The standard InChI is InChI=1S/C82H160O17P2/c1-7-9-11-13-15-17-19-21-23-25-27-28-29-31-33-35-37-39-48-54-60-66-81(86)98-77(70-92-79(84)64-58-52-46-38-36-34-32-30-26-24-22-20-18-16-14-12-10-8-2)72-96-100(88,89)94-68-76(83)69-95-101(90,91)97-73-78(99-82(87)67-61-55-49-43-41-45-51-57-63-75(5)6)71-93-80(85)65-59-53-47-42-40-44-50-56-62-74(3)4/h74-78,83H,7-73H2,1-6H3,(H,88,89)(H,90,91)/t76-,77-,78-/m1/s1. The zero-order valence-corrected chi connectivity index (χ0v) is 68.0. The fourth-order valence-electron chi connectivity index (χ4n) is 12.7. The van der Waals surface area contributed by atoms with E-state index in [-0.39, 0.29) is 25.7 Å². The number of phosphoric acid groups is 2.